The minimum atomic E-state index is 0.0880. The number of aryl methyl sites for hydroxylation is 1. The van der Waals surface area contributed by atoms with Gasteiger partial charge in [0.15, 0.2) is 6.54 Å². The van der Waals surface area contributed by atoms with Gasteiger partial charge >= 0.3 is 0 Å². The molecule has 0 saturated heterocycles. The van der Waals surface area contributed by atoms with Crippen LogP contribution in [0, 0.1) is 6.92 Å². The molecule has 0 saturated carbocycles. The number of halogens is 1. The number of rotatable bonds is 7. The van der Waals surface area contributed by atoms with Gasteiger partial charge in [-0.15, -0.1) is 0 Å². The summed E-state index contributed by atoms with van der Waals surface area (Å²) in [6, 6.07) is 16.0. The summed E-state index contributed by atoms with van der Waals surface area (Å²) in [5.74, 6) is 0.0880. The summed E-state index contributed by atoms with van der Waals surface area (Å²) in [4.78, 5) is 13.2. The molecule has 0 heterocycles. The van der Waals surface area contributed by atoms with Crippen molar-refractivity contribution in [3.8, 4) is 0 Å². The quantitative estimate of drug-likeness (QED) is 0.799. The molecule has 0 aromatic heterocycles. The van der Waals surface area contributed by atoms with Crippen LogP contribution in [-0.2, 0) is 17.8 Å². The van der Waals surface area contributed by atoms with Gasteiger partial charge in [0.1, 0.15) is 6.54 Å². The normalized spacial score (nSPS) is 12.0. The molecular weight excluding hydrogens is 308 g/mol. The van der Waals surface area contributed by atoms with Crippen molar-refractivity contribution in [1.82, 2.24) is 5.32 Å². The second-order valence-corrected chi connectivity index (χ2v) is 6.40. The van der Waals surface area contributed by atoms with Crippen LogP contribution in [0.25, 0.3) is 0 Å². The third-order valence-corrected chi connectivity index (χ3v) is 4.11. The van der Waals surface area contributed by atoms with E-state index in [0.717, 1.165) is 22.9 Å². The Morgan fingerprint density at radius 1 is 1.13 bits per heavy atom. The fraction of sp³-hybridized carbons (Fsp3) is 0.316. The van der Waals surface area contributed by atoms with Crippen molar-refractivity contribution in [2.75, 3.05) is 20.1 Å². The third kappa shape index (κ3) is 6.05. The van der Waals surface area contributed by atoms with Crippen LogP contribution in [-0.4, -0.2) is 26.0 Å². The second kappa shape index (κ2) is 8.70. The van der Waals surface area contributed by atoms with Crippen LogP contribution in [0.4, 0.5) is 0 Å². The summed E-state index contributed by atoms with van der Waals surface area (Å²) >= 11 is 5.88. The summed E-state index contributed by atoms with van der Waals surface area (Å²) in [5.41, 5.74) is 3.74. The molecule has 2 aromatic rings. The Bertz CT molecular complexity index is 640. The topological polar surface area (TPSA) is 33.5 Å². The lowest BCUT2D eigenvalue weighted by atomic mass is 10.1. The molecule has 23 heavy (non-hydrogen) atoms. The summed E-state index contributed by atoms with van der Waals surface area (Å²) in [6.07, 6.45) is 0.870. The van der Waals surface area contributed by atoms with Crippen molar-refractivity contribution in [3.63, 3.8) is 0 Å². The first-order valence-corrected chi connectivity index (χ1v) is 8.29. The van der Waals surface area contributed by atoms with Gasteiger partial charge in [-0.25, -0.2) is 0 Å². The molecule has 0 aliphatic heterocycles. The van der Waals surface area contributed by atoms with Gasteiger partial charge in [0, 0.05) is 17.1 Å². The Morgan fingerprint density at radius 2 is 1.83 bits per heavy atom. The van der Waals surface area contributed by atoms with Crippen LogP contribution in [0.2, 0.25) is 5.02 Å². The van der Waals surface area contributed by atoms with Crippen molar-refractivity contribution < 1.29 is 9.69 Å². The first-order chi connectivity index (χ1) is 11.0. The van der Waals surface area contributed by atoms with Gasteiger partial charge < -0.3 is 10.2 Å². The van der Waals surface area contributed by atoms with Crippen LogP contribution in [0.5, 0.6) is 0 Å². The molecule has 2 rings (SSSR count). The zero-order valence-corrected chi connectivity index (χ0v) is 14.5. The molecule has 0 radical (unpaired) electrons. The standard InChI is InChI=1S/C19H23ClN2O/c1-15-5-3-4-6-17(15)11-12-21-19(23)14-22(2)13-16-7-9-18(20)10-8-16/h3-10H,11-14H2,1-2H3,(H,21,23)/p+1. The van der Waals surface area contributed by atoms with Crippen LogP contribution in [0.3, 0.4) is 0 Å². The number of carbonyl (C=O) groups excluding carboxylic acids is 1. The van der Waals surface area contributed by atoms with Crippen LogP contribution in [0.1, 0.15) is 16.7 Å². The van der Waals surface area contributed by atoms with E-state index in [1.807, 2.05) is 43.4 Å². The van der Waals surface area contributed by atoms with Crippen molar-refractivity contribution in [1.29, 1.82) is 0 Å². The summed E-state index contributed by atoms with van der Waals surface area (Å²) in [6.45, 7) is 4.05. The van der Waals surface area contributed by atoms with E-state index in [1.54, 1.807) is 0 Å². The summed E-state index contributed by atoms with van der Waals surface area (Å²) in [5, 5.41) is 3.74. The molecule has 122 valence electrons. The number of hydrogen-bond acceptors (Lipinski definition) is 1. The molecule has 0 aliphatic rings. The number of hydrogen-bond donors (Lipinski definition) is 2. The average Bonchev–Trinajstić information content (AvgIpc) is 2.51. The molecule has 1 amide bonds. The molecule has 0 spiro atoms. The smallest absolute Gasteiger partial charge is 0.275 e. The molecular formula is C19H24ClN2O+. The van der Waals surface area contributed by atoms with Crippen molar-refractivity contribution in [2.45, 2.75) is 19.9 Å². The highest BCUT2D eigenvalue weighted by molar-refractivity contribution is 6.30. The first kappa shape index (κ1) is 17.5. The fourth-order valence-electron chi connectivity index (χ4n) is 2.58. The maximum atomic E-state index is 12.0. The maximum absolute atomic E-state index is 12.0. The van der Waals surface area contributed by atoms with Gasteiger partial charge in [-0.05, 0) is 36.6 Å². The number of amides is 1. The largest absolute Gasteiger partial charge is 0.351 e. The maximum Gasteiger partial charge on any atom is 0.275 e. The Labute approximate surface area is 143 Å². The number of quaternary nitrogens is 1. The van der Waals surface area contributed by atoms with Gasteiger partial charge in [0.2, 0.25) is 0 Å². The molecule has 0 fully saturated rings. The van der Waals surface area contributed by atoms with E-state index in [0.29, 0.717) is 13.1 Å². The first-order valence-electron chi connectivity index (χ1n) is 7.91. The monoisotopic (exact) mass is 331 g/mol. The van der Waals surface area contributed by atoms with E-state index in [9.17, 15) is 4.79 Å². The molecule has 0 aliphatic carbocycles. The number of likely N-dealkylation sites (N-methyl/N-ethyl adjacent to an activating group) is 1. The van der Waals surface area contributed by atoms with E-state index in [1.165, 1.54) is 16.7 Å². The van der Waals surface area contributed by atoms with E-state index in [4.69, 9.17) is 11.6 Å². The third-order valence-electron chi connectivity index (χ3n) is 3.86. The van der Waals surface area contributed by atoms with Crippen LogP contribution < -0.4 is 10.2 Å². The Kier molecular flexibility index (Phi) is 6.63. The van der Waals surface area contributed by atoms with E-state index in [-0.39, 0.29) is 5.91 Å². The predicted octanol–water partition coefficient (Wildman–Crippen LogP) is 2.02. The number of benzene rings is 2. The van der Waals surface area contributed by atoms with E-state index in [2.05, 4.69) is 24.4 Å². The number of nitrogens with one attached hydrogen (secondary N) is 2. The highest BCUT2D eigenvalue weighted by Gasteiger charge is 2.10. The summed E-state index contributed by atoms with van der Waals surface area (Å²) < 4.78 is 0. The lowest BCUT2D eigenvalue weighted by molar-refractivity contribution is -0.885. The Morgan fingerprint density at radius 3 is 2.52 bits per heavy atom. The lowest BCUT2D eigenvalue weighted by Crippen LogP contribution is -3.08. The zero-order valence-electron chi connectivity index (χ0n) is 13.7. The second-order valence-electron chi connectivity index (χ2n) is 5.96. The van der Waals surface area contributed by atoms with Gasteiger partial charge in [0.05, 0.1) is 7.05 Å². The number of carbonyl (C=O) groups is 1. The minimum absolute atomic E-state index is 0.0880. The van der Waals surface area contributed by atoms with Crippen molar-refractivity contribution in [3.05, 3.63) is 70.2 Å². The van der Waals surface area contributed by atoms with E-state index < -0.39 is 0 Å². The fourth-order valence-corrected chi connectivity index (χ4v) is 2.70. The molecule has 3 nitrogen and oxygen atoms in total. The van der Waals surface area contributed by atoms with Crippen LogP contribution >= 0.6 is 11.6 Å². The van der Waals surface area contributed by atoms with E-state index >= 15 is 0 Å². The SMILES string of the molecule is Cc1ccccc1CCNC(=O)C[NH+](C)Cc1ccc(Cl)cc1. The van der Waals surface area contributed by atoms with Crippen LogP contribution in [0.15, 0.2) is 48.5 Å². The minimum Gasteiger partial charge on any atom is -0.351 e. The molecule has 1 atom stereocenters. The molecule has 2 N–H and O–H groups in total. The Balaban J connectivity index is 1.71. The van der Waals surface area contributed by atoms with Gasteiger partial charge in [0.25, 0.3) is 5.91 Å². The highest BCUT2D eigenvalue weighted by atomic mass is 35.5. The molecule has 2 aromatic carbocycles. The zero-order chi connectivity index (χ0) is 16.7. The average molecular weight is 332 g/mol. The van der Waals surface area contributed by atoms with Gasteiger partial charge in [-0.3, -0.25) is 4.79 Å². The molecule has 1 unspecified atom stereocenters. The van der Waals surface area contributed by atoms with Gasteiger partial charge in [-0.1, -0.05) is 48.0 Å². The van der Waals surface area contributed by atoms with Crippen molar-refractivity contribution in [2.24, 2.45) is 0 Å². The molecule has 4 heteroatoms. The highest BCUT2D eigenvalue weighted by Crippen LogP contribution is 2.08. The predicted molar refractivity (Wildman–Crippen MR) is 94.8 cm³/mol. The van der Waals surface area contributed by atoms with Crippen molar-refractivity contribution >= 4 is 17.5 Å². The Hall–Kier alpha value is -1.84. The molecule has 0 bridgehead atoms. The lowest BCUT2D eigenvalue weighted by Gasteiger charge is -2.14. The van der Waals surface area contributed by atoms with Gasteiger partial charge in [-0.2, -0.15) is 0 Å². The summed E-state index contributed by atoms with van der Waals surface area (Å²) in [7, 11) is 2.02.